The summed E-state index contributed by atoms with van der Waals surface area (Å²) in [5, 5.41) is 14.0. The standard InChI is InChI=1S/C26H25BrN2O3/c1-4-32-25-20(27)12-19(13-23(25)31-3)26(15-28)14-16(2)29-21-10-18(11-22(30)24(21)26)17-8-6-5-7-9-17/h5-13,16,24,29H,4,14H2,1-3H3. The third-order valence-electron chi connectivity index (χ3n) is 6.08. The number of ether oxygens (including phenoxy) is 2. The van der Waals surface area contributed by atoms with Gasteiger partial charge in [-0.05, 0) is 77.2 Å². The van der Waals surface area contributed by atoms with Gasteiger partial charge < -0.3 is 14.8 Å². The average Bonchev–Trinajstić information content (AvgIpc) is 2.79. The van der Waals surface area contributed by atoms with Crippen LogP contribution in [0.3, 0.4) is 0 Å². The van der Waals surface area contributed by atoms with Crippen LogP contribution in [0.15, 0.2) is 64.8 Å². The van der Waals surface area contributed by atoms with Gasteiger partial charge in [-0.25, -0.2) is 0 Å². The number of carbonyl (C=O) groups excluding carboxylic acids is 1. The Morgan fingerprint density at radius 3 is 2.66 bits per heavy atom. The fourth-order valence-electron chi connectivity index (χ4n) is 4.77. The third kappa shape index (κ3) is 3.71. The van der Waals surface area contributed by atoms with E-state index in [1.165, 1.54) is 0 Å². The van der Waals surface area contributed by atoms with E-state index in [2.05, 4.69) is 27.3 Å². The number of allylic oxidation sites excluding steroid dienone is 4. The topological polar surface area (TPSA) is 71.3 Å². The molecular formula is C26H25BrN2O3. The van der Waals surface area contributed by atoms with Crippen molar-refractivity contribution in [2.24, 2.45) is 5.92 Å². The van der Waals surface area contributed by atoms with E-state index in [-0.39, 0.29) is 11.8 Å². The van der Waals surface area contributed by atoms with E-state index >= 15 is 0 Å². The van der Waals surface area contributed by atoms with Gasteiger partial charge in [-0.3, -0.25) is 4.79 Å². The summed E-state index contributed by atoms with van der Waals surface area (Å²) in [6, 6.07) is 16.1. The molecule has 1 N–H and O–H groups in total. The van der Waals surface area contributed by atoms with Gasteiger partial charge in [-0.1, -0.05) is 30.3 Å². The zero-order chi connectivity index (χ0) is 22.9. The summed E-state index contributed by atoms with van der Waals surface area (Å²) in [5.74, 6) is 0.425. The van der Waals surface area contributed by atoms with E-state index in [1.807, 2.05) is 62.4 Å². The van der Waals surface area contributed by atoms with Crippen LogP contribution in [0.5, 0.6) is 11.5 Å². The maximum Gasteiger partial charge on any atom is 0.175 e. The molecule has 1 aliphatic carbocycles. The molecule has 0 amide bonds. The minimum atomic E-state index is -1.03. The molecule has 1 saturated heterocycles. The van der Waals surface area contributed by atoms with Crippen LogP contribution in [0.2, 0.25) is 0 Å². The number of ketones is 1. The molecule has 0 saturated carbocycles. The van der Waals surface area contributed by atoms with E-state index in [0.717, 1.165) is 22.4 Å². The van der Waals surface area contributed by atoms with E-state index < -0.39 is 11.3 Å². The van der Waals surface area contributed by atoms with Crippen molar-refractivity contribution in [1.29, 1.82) is 5.26 Å². The molecular weight excluding hydrogens is 468 g/mol. The zero-order valence-electron chi connectivity index (χ0n) is 18.3. The molecule has 164 valence electrons. The van der Waals surface area contributed by atoms with Crippen LogP contribution in [-0.4, -0.2) is 25.5 Å². The predicted molar refractivity (Wildman–Crippen MR) is 127 cm³/mol. The lowest BCUT2D eigenvalue weighted by molar-refractivity contribution is -0.119. The molecule has 32 heavy (non-hydrogen) atoms. The average molecular weight is 493 g/mol. The summed E-state index contributed by atoms with van der Waals surface area (Å²) in [4.78, 5) is 13.5. The normalized spacial score (nSPS) is 24.4. The molecule has 2 aliphatic rings. The lowest BCUT2D eigenvalue weighted by Gasteiger charge is -2.44. The lowest BCUT2D eigenvalue weighted by Crippen LogP contribution is -2.53. The van der Waals surface area contributed by atoms with E-state index in [1.54, 1.807) is 13.2 Å². The van der Waals surface area contributed by atoms with Crippen molar-refractivity contribution in [3.8, 4) is 17.6 Å². The van der Waals surface area contributed by atoms with Gasteiger partial charge in [0.25, 0.3) is 0 Å². The Bertz CT molecular complexity index is 1150. The van der Waals surface area contributed by atoms with Crippen LogP contribution in [0.25, 0.3) is 5.57 Å². The summed E-state index contributed by atoms with van der Waals surface area (Å²) in [5.41, 5.74) is 2.30. The second kappa shape index (κ2) is 8.84. The maximum absolute atomic E-state index is 13.5. The monoisotopic (exact) mass is 492 g/mol. The van der Waals surface area contributed by atoms with Gasteiger partial charge in [-0.2, -0.15) is 5.26 Å². The molecule has 1 aliphatic heterocycles. The van der Waals surface area contributed by atoms with Crippen molar-refractivity contribution in [2.45, 2.75) is 31.7 Å². The number of fused-ring (bicyclic) bond motifs is 1. The van der Waals surface area contributed by atoms with Crippen molar-refractivity contribution in [1.82, 2.24) is 5.32 Å². The van der Waals surface area contributed by atoms with Crippen LogP contribution >= 0.6 is 15.9 Å². The number of hydrogen-bond acceptors (Lipinski definition) is 5. The molecule has 1 fully saturated rings. The first-order valence-electron chi connectivity index (χ1n) is 10.6. The van der Waals surface area contributed by atoms with Crippen LogP contribution < -0.4 is 14.8 Å². The summed E-state index contributed by atoms with van der Waals surface area (Å²) in [6.07, 6.45) is 4.16. The molecule has 0 spiro atoms. The zero-order valence-corrected chi connectivity index (χ0v) is 19.9. The van der Waals surface area contributed by atoms with Crippen molar-refractivity contribution < 1.29 is 14.3 Å². The van der Waals surface area contributed by atoms with Crippen molar-refractivity contribution in [3.63, 3.8) is 0 Å². The van der Waals surface area contributed by atoms with Gasteiger partial charge in [0.15, 0.2) is 17.3 Å². The van der Waals surface area contributed by atoms with Gasteiger partial charge in [0.2, 0.25) is 0 Å². The minimum Gasteiger partial charge on any atom is -0.493 e. The van der Waals surface area contributed by atoms with Gasteiger partial charge in [0.1, 0.15) is 0 Å². The molecule has 0 bridgehead atoms. The Balaban J connectivity index is 1.85. The highest BCUT2D eigenvalue weighted by atomic mass is 79.9. The number of nitrogens with zero attached hydrogens (tertiary/aromatic N) is 1. The first kappa shape index (κ1) is 22.2. The molecule has 2 aromatic rings. The molecule has 0 radical (unpaired) electrons. The number of methoxy groups -OCH3 is 1. The second-order valence-electron chi connectivity index (χ2n) is 8.16. The van der Waals surface area contributed by atoms with E-state index in [0.29, 0.717) is 29.0 Å². The predicted octanol–water partition coefficient (Wildman–Crippen LogP) is 5.17. The highest BCUT2D eigenvalue weighted by Crippen LogP contribution is 2.49. The first-order chi connectivity index (χ1) is 15.4. The Morgan fingerprint density at radius 1 is 1.25 bits per heavy atom. The summed E-state index contributed by atoms with van der Waals surface area (Å²) < 4.78 is 12.0. The molecule has 1 heterocycles. The van der Waals surface area contributed by atoms with Crippen LogP contribution in [0.1, 0.15) is 31.4 Å². The quantitative estimate of drug-likeness (QED) is 0.623. The van der Waals surface area contributed by atoms with Crippen molar-refractivity contribution >= 4 is 27.3 Å². The third-order valence-corrected chi connectivity index (χ3v) is 6.67. The molecule has 3 unspecified atom stereocenters. The number of rotatable bonds is 5. The molecule has 3 atom stereocenters. The van der Waals surface area contributed by atoms with Gasteiger partial charge >= 0.3 is 0 Å². The number of benzene rings is 2. The van der Waals surface area contributed by atoms with E-state index in [4.69, 9.17) is 9.47 Å². The molecule has 2 aromatic carbocycles. The number of nitriles is 1. The molecule has 0 aromatic heterocycles. The minimum absolute atomic E-state index is 0.0106. The largest absolute Gasteiger partial charge is 0.493 e. The number of halogens is 1. The first-order valence-corrected chi connectivity index (χ1v) is 11.4. The van der Waals surface area contributed by atoms with Gasteiger partial charge in [0, 0.05) is 11.7 Å². The summed E-state index contributed by atoms with van der Waals surface area (Å²) >= 11 is 3.58. The van der Waals surface area contributed by atoms with Crippen molar-refractivity contribution in [3.05, 3.63) is 75.9 Å². The number of carbonyl (C=O) groups is 1. The Morgan fingerprint density at radius 2 is 2.00 bits per heavy atom. The van der Waals surface area contributed by atoms with Crippen LogP contribution in [-0.2, 0) is 10.2 Å². The maximum atomic E-state index is 13.5. The highest BCUT2D eigenvalue weighted by Gasteiger charge is 2.51. The van der Waals surface area contributed by atoms with Gasteiger partial charge in [0.05, 0.1) is 35.6 Å². The van der Waals surface area contributed by atoms with Crippen LogP contribution in [0, 0.1) is 17.2 Å². The smallest absolute Gasteiger partial charge is 0.175 e. The SMILES string of the molecule is CCOc1c(Br)cc(C2(C#N)CC(C)NC3=CC(c4ccccc4)=CC(=O)C32)cc1OC. The number of piperidine rings is 1. The number of nitrogens with one attached hydrogen (secondary N) is 1. The second-order valence-corrected chi connectivity index (χ2v) is 9.01. The number of hydrogen-bond donors (Lipinski definition) is 1. The van der Waals surface area contributed by atoms with Gasteiger partial charge in [-0.15, -0.1) is 0 Å². The van der Waals surface area contributed by atoms with Crippen molar-refractivity contribution in [2.75, 3.05) is 13.7 Å². The Hall–Kier alpha value is -3.04. The highest BCUT2D eigenvalue weighted by molar-refractivity contribution is 9.10. The van der Waals surface area contributed by atoms with Crippen LogP contribution in [0.4, 0.5) is 0 Å². The molecule has 5 nitrogen and oxygen atoms in total. The fourth-order valence-corrected chi connectivity index (χ4v) is 5.33. The molecule has 6 heteroatoms. The molecule has 4 rings (SSSR count). The lowest BCUT2D eigenvalue weighted by atomic mass is 9.61. The van der Waals surface area contributed by atoms with E-state index in [9.17, 15) is 10.1 Å². The fraction of sp³-hybridized carbons (Fsp3) is 0.308. The summed E-state index contributed by atoms with van der Waals surface area (Å²) in [6.45, 7) is 4.42. The Labute approximate surface area is 196 Å². The summed E-state index contributed by atoms with van der Waals surface area (Å²) in [7, 11) is 1.57. The Kier molecular flexibility index (Phi) is 6.12.